The third kappa shape index (κ3) is 1.62. The summed E-state index contributed by atoms with van der Waals surface area (Å²) in [6, 6.07) is 0. The monoisotopic (exact) mass is 198 g/mol. The Bertz CT molecular complexity index is 319. The van der Waals surface area contributed by atoms with E-state index in [1.807, 2.05) is 0 Å². The summed E-state index contributed by atoms with van der Waals surface area (Å²) in [6.07, 6.45) is 0.173. The van der Waals surface area contributed by atoms with Gasteiger partial charge < -0.3 is 10.0 Å². The summed E-state index contributed by atoms with van der Waals surface area (Å²) in [6.45, 7) is 1.64. The maximum atomic E-state index is 11.0. The number of nitrogens with zero attached hydrogens (tertiary/aromatic N) is 4. The number of carbonyl (C=O) groups excluding carboxylic acids is 1. The second kappa shape index (κ2) is 3.55. The van der Waals surface area contributed by atoms with E-state index >= 15 is 0 Å². The Balaban J connectivity index is 2.90. The quantitative estimate of drug-likeness (QED) is 0.393. The molecule has 1 amide bonds. The van der Waals surface area contributed by atoms with Crippen LogP contribution in [0.25, 0.3) is 10.4 Å². The van der Waals surface area contributed by atoms with Crippen LogP contribution in [-0.2, 0) is 9.59 Å². The summed E-state index contributed by atoms with van der Waals surface area (Å²) in [5.74, 6) is -1.39. The fraction of sp³-hybridized carbons (Fsp3) is 0.714. The molecule has 1 aliphatic heterocycles. The van der Waals surface area contributed by atoms with Crippen molar-refractivity contribution >= 4 is 11.9 Å². The van der Waals surface area contributed by atoms with Crippen molar-refractivity contribution in [3.8, 4) is 0 Å². The zero-order valence-corrected chi connectivity index (χ0v) is 7.67. The number of hydrogen-bond donors (Lipinski definition) is 1. The average molecular weight is 198 g/mol. The highest BCUT2D eigenvalue weighted by Crippen LogP contribution is 2.26. The van der Waals surface area contributed by atoms with Gasteiger partial charge in [0.15, 0.2) is 5.54 Å². The van der Waals surface area contributed by atoms with E-state index < -0.39 is 11.5 Å². The van der Waals surface area contributed by atoms with E-state index in [1.165, 1.54) is 11.8 Å². The Morgan fingerprint density at radius 2 is 2.29 bits per heavy atom. The minimum absolute atomic E-state index is 0.0400. The third-order valence-electron chi connectivity index (χ3n) is 2.33. The summed E-state index contributed by atoms with van der Waals surface area (Å²) < 4.78 is 0. The summed E-state index contributed by atoms with van der Waals surface area (Å²) >= 11 is 0. The first-order valence-corrected chi connectivity index (χ1v) is 4.07. The van der Waals surface area contributed by atoms with E-state index in [0.29, 0.717) is 6.54 Å². The first-order valence-electron chi connectivity index (χ1n) is 4.07. The van der Waals surface area contributed by atoms with Crippen molar-refractivity contribution in [1.82, 2.24) is 4.90 Å². The number of carbonyl (C=O) groups is 2. The molecule has 0 radical (unpaired) electrons. The van der Waals surface area contributed by atoms with Crippen LogP contribution < -0.4 is 0 Å². The number of aliphatic carboxylic acids is 1. The molecule has 1 unspecified atom stereocenters. The minimum atomic E-state index is -1.47. The van der Waals surface area contributed by atoms with Gasteiger partial charge in [0.1, 0.15) is 0 Å². The lowest BCUT2D eigenvalue weighted by Gasteiger charge is -2.18. The Morgan fingerprint density at radius 1 is 1.64 bits per heavy atom. The zero-order chi connectivity index (χ0) is 10.8. The fourth-order valence-corrected chi connectivity index (χ4v) is 1.45. The minimum Gasteiger partial charge on any atom is -0.481 e. The predicted octanol–water partition coefficient (Wildman–Crippen LogP) is 0.372. The van der Waals surface area contributed by atoms with Crippen molar-refractivity contribution in [2.24, 2.45) is 5.11 Å². The van der Waals surface area contributed by atoms with Crippen molar-refractivity contribution in [2.45, 2.75) is 18.9 Å². The van der Waals surface area contributed by atoms with Gasteiger partial charge in [-0.1, -0.05) is 5.11 Å². The van der Waals surface area contributed by atoms with E-state index in [2.05, 4.69) is 10.0 Å². The number of carboxylic acids is 1. The highest BCUT2D eigenvalue weighted by Gasteiger charge is 2.45. The van der Waals surface area contributed by atoms with E-state index in [-0.39, 0.29) is 18.9 Å². The molecular weight excluding hydrogens is 188 g/mol. The summed E-state index contributed by atoms with van der Waals surface area (Å²) in [5.41, 5.74) is 6.79. The zero-order valence-electron chi connectivity index (χ0n) is 7.67. The number of amides is 1. The Morgan fingerprint density at radius 3 is 2.64 bits per heavy atom. The number of azide groups is 1. The third-order valence-corrected chi connectivity index (χ3v) is 2.33. The van der Waals surface area contributed by atoms with Gasteiger partial charge >= 0.3 is 5.97 Å². The molecule has 7 nitrogen and oxygen atoms in total. The Hall–Kier alpha value is -1.75. The molecule has 0 aromatic rings. The summed E-state index contributed by atoms with van der Waals surface area (Å²) in [4.78, 5) is 25.7. The topological polar surface area (TPSA) is 106 Å². The second-order valence-electron chi connectivity index (χ2n) is 3.22. The van der Waals surface area contributed by atoms with Gasteiger partial charge in [-0.2, -0.15) is 0 Å². The first-order chi connectivity index (χ1) is 6.52. The van der Waals surface area contributed by atoms with Gasteiger partial charge in [-0.05, 0) is 12.0 Å². The summed E-state index contributed by atoms with van der Waals surface area (Å²) in [5, 5.41) is 12.2. The van der Waals surface area contributed by atoms with Gasteiger partial charge in [-0.3, -0.25) is 9.59 Å². The van der Waals surface area contributed by atoms with Crippen molar-refractivity contribution in [2.75, 3.05) is 13.1 Å². The van der Waals surface area contributed by atoms with Crippen LogP contribution in [-0.4, -0.2) is 40.5 Å². The molecule has 1 saturated heterocycles. The maximum Gasteiger partial charge on any atom is 0.317 e. The average Bonchev–Trinajstić information content (AvgIpc) is 2.50. The van der Waals surface area contributed by atoms with Crippen LogP contribution in [0.15, 0.2) is 5.11 Å². The number of carboxylic acid groups (broad SMARTS) is 1. The molecule has 1 aliphatic rings. The van der Waals surface area contributed by atoms with Crippen molar-refractivity contribution in [3.05, 3.63) is 10.4 Å². The summed E-state index contributed by atoms with van der Waals surface area (Å²) in [7, 11) is 0. The molecule has 0 aromatic heterocycles. The van der Waals surface area contributed by atoms with Gasteiger partial charge in [-0.15, -0.1) is 0 Å². The van der Waals surface area contributed by atoms with E-state index in [9.17, 15) is 9.59 Å². The first kappa shape index (κ1) is 10.3. The van der Waals surface area contributed by atoms with Gasteiger partial charge in [0.25, 0.3) is 0 Å². The predicted molar refractivity (Wildman–Crippen MR) is 46.4 cm³/mol. The number of rotatable bonds is 2. The molecule has 1 N–H and O–H groups in total. The lowest BCUT2D eigenvalue weighted by molar-refractivity contribution is -0.142. The largest absolute Gasteiger partial charge is 0.481 e. The Kier molecular flexibility index (Phi) is 2.62. The molecule has 0 aliphatic carbocycles. The molecular formula is C7H10N4O3. The van der Waals surface area contributed by atoms with Crippen LogP contribution in [0, 0.1) is 0 Å². The van der Waals surface area contributed by atoms with Crippen molar-refractivity contribution < 1.29 is 14.7 Å². The second-order valence-corrected chi connectivity index (χ2v) is 3.22. The normalized spacial score (nSPS) is 25.6. The molecule has 14 heavy (non-hydrogen) atoms. The molecule has 1 heterocycles. The SMILES string of the molecule is CC(=O)N1CCC(N=[N+]=[N-])(C(=O)O)C1. The Labute approximate surface area is 79.9 Å². The standard InChI is InChI=1S/C7H10N4O3/c1-5(12)11-3-2-7(4-11,6(13)14)9-10-8/h2-4H2,1H3,(H,13,14). The molecule has 76 valence electrons. The van der Waals surface area contributed by atoms with Crippen LogP contribution in [0.5, 0.6) is 0 Å². The fourth-order valence-electron chi connectivity index (χ4n) is 1.45. The molecule has 7 heteroatoms. The van der Waals surface area contributed by atoms with Crippen LogP contribution in [0.2, 0.25) is 0 Å². The van der Waals surface area contributed by atoms with E-state index in [4.69, 9.17) is 10.6 Å². The van der Waals surface area contributed by atoms with Crippen LogP contribution in [0.3, 0.4) is 0 Å². The smallest absolute Gasteiger partial charge is 0.317 e. The van der Waals surface area contributed by atoms with Crippen LogP contribution >= 0.6 is 0 Å². The molecule has 0 bridgehead atoms. The van der Waals surface area contributed by atoms with Gasteiger partial charge in [0.2, 0.25) is 5.91 Å². The number of hydrogen-bond acceptors (Lipinski definition) is 3. The van der Waals surface area contributed by atoms with Gasteiger partial charge in [0, 0.05) is 24.9 Å². The highest BCUT2D eigenvalue weighted by atomic mass is 16.4. The maximum absolute atomic E-state index is 11.0. The lowest BCUT2D eigenvalue weighted by Crippen LogP contribution is -2.40. The molecule has 0 saturated carbocycles. The molecule has 1 rings (SSSR count). The van der Waals surface area contributed by atoms with Crippen molar-refractivity contribution in [3.63, 3.8) is 0 Å². The van der Waals surface area contributed by atoms with Crippen molar-refractivity contribution in [1.29, 1.82) is 0 Å². The van der Waals surface area contributed by atoms with Gasteiger partial charge in [-0.25, -0.2) is 0 Å². The molecule has 0 aromatic carbocycles. The molecule has 0 spiro atoms. The van der Waals surface area contributed by atoms with Crippen LogP contribution in [0.4, 0.5) is 0 Å². The van der Waals surface area contributed by atoms with E-state index in [0.717, 1.165) is 0 Å². The van der Waals surface area contributed by atoms with E-state index in [1.54, 1.807) is 0 Å². The number of likely N-dealkylation sites (tertiary alicyclic amines) is 1. The van der Waals surface area contributed by atoms with Gasteiger partial charge in [0.05, 0.1) is 0 Å². The molecule has 1 fully saturated rings. The highest BCUT2D eigenvalue weighted by molar-refractivity contribution is 5.82. The molecule has 1 atom stereocenters. The van der Waals surface area contributed by atoms with Crippen LogP contribution in [0.1, 0.15) is 13.3 Å². The lowest BCUT2D eigenvalue weighted by atomic mass is 10.0.